The van der Waals surface area contributed by atoms with E-state index in [4.69, 9.17) is 0 Å². The second-order valence-electron chi connectivity index (χ2n) is 6.83. The molecule has 1 aliphatic heterocycles. The average molecular weight is 330 g/mol. The zero-order valence-electron chi connectivity index (χ0n) is 14.3. The SMILES string of the molecule is CN1CC[C@@H](NC(=O)N(Cc2ccncc2)C2CCCCC2)C1=O. The van der Waals surface area contributed by atoms with E-state index in [1.54, 1.807) is 24.3 Å². The minimum absolute atomic E-state index is 0.0101. The molecule has 1 N–H and O–H groups in total. The number of carbonyl (C=O) groups excluding carboxylic acids is 2. The lowest BCUT2D eigenvalue weighted by Gasteiger charge is -2.35. The third-order valence-electron chi connectivity index (χ3n) is 5.10. The summed E-state index contributed by atoms with van der Waals surface area (Å²) in [5, 5.41) is 2.96. The molecule has 1 aliphatic carbocycles. The van der Waals surface area contributed by atoms with Gasteiger partial charge in [0.15, 0.2) is 0 Å². The van der Waals surface area contributed by atoms with Gasteiger partial charge < -0.3 is 15.1 Å². The van der Waals surface area contributed by atoms with Crippen LogP contribution in [0.15, 0.2) is 24.5 Å². The molecule has 0 radical (unpaired) electrons. The lowest BCUT2D eigenvalue weighted by Crippen LogP contribution is -2.51. The summed E-state index contributed by atoms with van der Waals surface area (Å²) in [5.74, 6) is 0.0101. The van der Waals surface area contributed by atoms with Gasteiger partial charge in [0.25, 0.3) is 0 Å². The van der Waals surface area contributed by atoms with E-state index in [0.29, 0.717) is 19.5 Å². The fourth-order valence-corrected chi connectivity index (χ4v) is 3.63. The molecule has 130 valence electrons. The highest BCUT2D eigenvalue weighted by molar-refractivity contribution is 5.88. The van der Waals surface area contributed by atoms with Crippen LogP contribution >= 0.6 is 0 Å². The molecule has 1 atom stereocenters. The van der Waals surface area contributed by atoms with Crippen molar-refractivity contribution in [3.05, 3.63) is 30.1 Å². The van der Waals surface area contributed by atoms with Crippen molar-refractivity contribution in [2.45, 2.75) is 57.2 Å². The normalized spacial score (nSPS) is 21.8. The molecular formula is C18H26N4O2. The standard InChI is InChI=1S/C18H26N4O2/c1-21-12-9-16(17(21)23)20-18(24)22(15-5-3-2-4-6-15)13-14-7-10-19-11-8-14/h7-8,10-11,15-16H,2-6,9,12-13H2,1H3,(H,20,24)/t16-/m1/s1. The monoisotopic (exact) mass is 330 g/mol. The van der Waals surface area contributed by atoms with Crippen LogP contribution in [0.2, 0.25) is 0 Å². The van der Waals surface area contributed by atoms with E-state index in [-0.39, 0.29) is 24.0 Å². The molecule has 6 heteroatoms. The summed E-state index contributed by atoms with van der Waals surface area (Å²) >= 11 is 0. The molecule has 1 saturated heterocycles. The predicted molar refractivity (Wildman–Crippen MR) is 91.2 cm³/mol. The zero-order chi connectivity index (χ0) is 16.9. The number of amides is 3. The Hall–Kier alpha value is -2.11. The van der Waals surface area contributed by atoms with Gasteiger partial charge in [0.05, 0.1) is 0 Å². The number of carbonyl (C=O) groups is 2. The van der Waals surface area contributed by atoms with Crippen LogP contribution in [-0.2, 0) is 11.3 Å². The Morgan fingerprint density at radius 3 is 2.58 bits per heavy atom. The third kappa shape index (κ3) is 3.86. The topological polar surface area (TPSA) is 65.5 Å². The van der Waals surface area contributed by atoms with E-state index in [2.05, 4.69) is 10.3 Å². The Morgan fingerprint density at radius 2 is 1.96 bits per heavy atom. The molecular weight excluding hydrogens is 304 g/mol. The largest absolute Gasteiger partial charge is 0.344 e. The van der Waals surface area contributed by atoms with E-state index < -0.39 is 0 Å². The van der Waals surface area contributed by atoms with Crippen molar-refractivity contribution >= 4 is 11.9 Å². The Kier molecular flexibility index (Phi) is 5.33. The van der Waals surface area contributed by atoms with Crippen LogP contribution in [0.1, 0.15) is 44.1 Å². The van der Waals surface area contributed by atoms with Crippen molar-refractivity contribution in [2.75, 3.05) is 13.6 Å². The van der Waals surface area contributed by atoms with Gasteiger partial charge in [0.2, 0.25) is 5.91 Å². The Balaban J connectivity index is 1.70. The first-order valence-corrected chi connectivity index (χ1v) is 8.86. The number of nitrogens with zero attached hydrogens (tertiary/aromatic N) is 3. The molecule has 2 fully saturated rings. The van der Waals surface area contributed by atoms with E-state index in [1.165, 1.54) is 6.42 Å². The Morgan fingerprint density at radius 1 is 1.25 bits per heavy atom. The van der Waals surface area contributed by atoms with Crippen molar-refractivity contribution in [2.24, 2.45) is 0 Å². The number of likely N-dealkylation sites (tertiary alicyclic amines) is 1. The van der Waals surface area contributed by atoms with Crippen molar-refractivity contribution in [1.82, 2.24) is 20.1 Å². The summed E-state index contributed by atoms with van der Waals surface area (Å²) in [7, 11) is 1.78. The summed E-state index contributed by atoms with van der Waals surface area (Å²) in [5.41, 5.74) is 1.07. The van der Waals surface area contributed by atoms with Gasteiger partial charge in [0.1, 0.15) is 6.04 Å². The van der Waals surface area contributed by atoms with Crippen LogP contribution in [0.5, 0.6) is 0 Å². The minimum Gasteiger partial charge on any atom is -0.344 e. The molecule has 0 aromatic carbocycles. The van der Waals surface area contributed by atoms with Crippen LogP contribution in [0.4, 0.5) is 4.79 Å². The van der Waals surface area contributed by atoms with Crippen molar-refractivity contribution in [1.29, 1.82) is 0 Å². The van der Waals surface area contributed by atoms with Crippen LogP contribution in [0.3, 0.4) is 0 Å². The summed E-state index contributed by atoms with van der Waals surface area (Å²) in [6.45, 7) is 1.27. The number of urea groups is 1. The van der Waals surface area contributed by atoms with Gasteiger partial charge in [-0.3, -0.25) is 9.78 Å². The van der Waals surface area contributed by atoms with Gasteiger partial charge >= 0.3 is 6.03 Å². The van der Waals surface area contributed by atoms with E-state index >= 15 is 0 Å². The minimum atomic E-state index is -0.383. The summed E-state index contributed by atoms with van der Waals surface area (Å²) in [4.78, 5) is 32.6. The van der Waals surface area contributed by atoms with Gasteiger partial charge in [0, 0.05) is 38.6 Å². The highest BCUT2D eigenvalue weighted by Crippen LogP contribution is 2.24. The van der Waals surface area contributed by atoms with Crippen LogP contribution < -0.4 is 5.32 Å². The maximum atomic E-state index is 12.9. The van der Waals surface area contributed by atoms with Gasteiger partial charge in [-0.05, 0) is 37.0 Å². The first kappa shape index (κ1) is 16.7. The third-order valence-corrected chi connectivity index (χ3v) is 5.10. The van der Waals surface area contributed by atoms with E-state index in [1.807, 2.05) is 17.0 Å². The summed E-state index contributed by atoms with van der Waals surface area (Å²) in [6.07, 6.45) is 9.84. The number of hydrogen-bond donors (Lipinski definition) is 1. The molecule has 1 aromatic heterocycles. The first-order valence-electron chi connectivity index (χ1n) is 8.86. The highest BCUT2D eigenvalue weighted by atomic mass is 16.2. The van der Waals surface area contributed by atoms with Gasteiger partial charge in [-0.15, -0.1) is 0 Å². The van der Waals surface area contributed by atoms with Gasteiger partial charge in [-0.2, -0.15) is 0 Å². The van der Waals surface area contributed by atoms with Crippen LogP contribution in [0, 0.1) is 0 Å². The number of likely N-dealkylation sites (N-methyl/N-ethyl adjacent to an activating group) is 1. The smallest absolute Gasteiger partial charge is 0.318 e. The van der Waals surface area contributed by atoms with E-state index in [0.717, 1.165) is 31.2 Å². The zero-order valence-corrected chi connectivity index (χ0v) is 14.3. The lowest BCUT2D eigenvalue weighted by molar-refractivity contribution is -0.128. The quantitative estimate of drug-likeness (QED) is 0.920. The number of pyridine rings is 1. The van der Waals surface area contributed by atoms with Gasteiger partial charge in [-0.25, -0.2) is 4.79 Å². The molecule has 1 saturated carbocycles. The number of hydrogen-bond acceptors (Lipinski definition) is 3. The maximum Gasteiger partial charge on any atom is 0.318 e. The maximum absolute atomic E-state index is 12.9. The first-order chi connectivity index (χ1) is 11.6. The predicted octanol–water partition coefficient (Wildman–Crippen LogP) is 2.16. The number of aromatic nitrogens is 1. The van der Waals surface area contributed by atoms with E-state index in [9.17, 15) is 9.59 Å². The van der Waals surface area contributed by atoms with Crippen LogP contribution in [0.25, 0.3) is 0 Å². The number of nitrogens with one attached hydrogen (secondary N) is 1. The molecule has 3 rings (SSSR count). The van der Waals surface area contributed by atoms with Crippen LogP contribution in [-0.4, -0.2) is 52.4 Å². The molecule has 0 unspecified atom stereocenters. The van der Waals surface area contributed by atoms with Crippen molar-refractivity contribution in [3.8, 4) is 0 Å². The fourth-order valence-electron chi connectivity index (χ4n) is 3.63. The molecule has 1 aromatic rings. The number of rotatable bonds is 4. The average Bonchev–Trinajstić information content (AvgIpc) is 2.93. The van der Waals surface area contributed by atoms with Crippen molar-refractivity contribution < 1.29 is 9.59 Å². The molecule has 0 bridgehead atoms. The molecule has 3 amide bonds. The lowest BCUT2D eigenvalue weighted by atomic mass is 9.94. The summed E-state index contributed by atoms with van der Waals surface area (Å²) < 4.78 is 0. The Bertz CT molecular complexity index is 572. The summed E-state index contributed by atoms with van der Waals surface area (Å²) in [6, 6.07) is 3.63. The second-order valence-corrected chi connectivity index (χ2v) is 6.83. The van der Waals surface area contributed by atoms with Crippen molar-refractivity contribution in [3.63, 3.8) is 0 Å². The Labute approximate surface area is 143 Å². The molecule has 24 heavy (non-hydrogen) atoms. The molecule has 2 heterocycles. The molecule has 2 aliphatic rings. The fraction of sp³-hybridized carbons (Fsp3) is 0.611. The molecule has 6 nitrogen and oxygen atoms in total. The molecule has 0 spiro atoms. The second kappa shape index (κ2) is 7.64. The highest BCUT2D eigenvalue weighted by Gasteiger charge is 2.33. The van der Waals surface area contributed by atoms with Gasteiger partial charge in [-0.1, -0.05) is 19.3 Å².